The predicted molar refractivity (Wildman–Crippen MR) is 71.9 cm³/mol. The van der Waals surface area contributed by atoms with Crippen molar-refractivity contribution in [1.29, 1.82) is 0 Å². The zero-order chi connectivity index (χ0) is 12.9. The molecule has 0 saturated carbocycles. The molecule has 2 N–H and O–H groups in total. The van der Waals surface area contributed by atoms with Gasteiger partial charge in [-0.1, -0.05) is 11.6 Å². The normalized spacial score (nSPS) is 17.6. The van der Waals surface area contributed by atoms with Gasteiger partial charge in [0, 0.05) is 30.1 Å². The number of nitrogen functional groups attached to an aromatic ring is 1. The second-order valence-electron chi connectivity index (χ2n) is 4.65. The van der Waals surface area contributed by atoms with E-state index in [0.717, 1.165) is 29.0 Å². The van der Waals surface area contributed by atoms with E-state index in [-0.39, 0.29) is 6.10 Å². The highest BCUT2D eigenvalue weighted by Crippen LogP contribution is 2.40. The maximum Gasteiger partial charge on any atom is 0.132 e. The summed E-state index contributed by atoms with van der Waals surface area (Å²) >= 11 is 6.15. The summed E-state index contributed by atoms with van der Waals surface area (Å²) in [6.45, 7) is 2.05. The molecule has 1 unspecified atom stereocenters. The second kappa shape index (κ2) is 3.92. The van der Waals surface area contributed by atoms with Crippen molar-refractivity contribution < 1.29 is 4.74 Å². The minimum absolute atomic E-state index is 0.179. The molecule has 0 saturated heterocycles. The highest BCUT2D eigenvalue weighted by atomic mass is 35.5. The van der Waals surface area contributed by atoms with Gasteiger partial charge < -0.3 is 10.5 Å². The first-order valence-corrected chi connectivity index (χ1v) is 6.21. The van der Waals surface area contributed by atoms with Crippen molar-refractivity contribution in [2.75, 3.05) is 5.73 Å². The first-order chi connectivity index (χ1) is 8.54. The van der Waals surface area contributed by atoms with Crippen LogP contribution in [0, 0.1) is 0 Å². The maximum absolute atomic E-state index is 6.15. The van der Waals surface area contributed by atoms with Crippen molar-refractivity contribution in [3.05, 3.63) is 28.8 Å². The molecule has 0 radical (unpaired) electrons. The van der Waals surface area contributed by atoms with Crippen LogP contribution in [-0.2, 0) is 13.5 Å². The maximum atomic E-state index is 6.15. The summed E-state index contributed by atoms with van der Waals surface area (Å²) in [7, 11) is 1.81. The smallest absolute Gasteiger partial charge is 0.132 e. The molecule has 0 amide bonds. The number of hydrogen-bond donors (Lipinski definition) is 1. The Kier molecular flexibility index (Phi) is 2.48. The number of halogens is 1. The van der Waals surface area contributed by atoms with Crippen molar-refractivity contribution in [2.45, 2.75) is 19.4 Å². The molecule has 2 aromatic rings. The minimum Gasteiger partial charge on any atom is -0.489 e. The molecule has 1 aromatic heterocycles. The Bertz CT molecular complexity index is 601. The SMILES string of the molecule is CC1Cc2cc(Cl)cc(-c3cc(N)n(C)n3)c2O1. The van der Waals surface area contributed by atoms with Crippen molar-refractivity contribution in [1.82, 2.24) is 9.78 Å². The highest BCUT2D eigenvalue weighted by Gasteiger charge is 2.24. The van der Waals surface area contributed by atoms with Gasteiger partial charge in [0.15, 0.2) is 0 Å². The van der Waals surface area contributed by atoms with Crippen molar-refractivity contribution in [3.63, 3.8) is 0 Å². The average molecular weight is 264 g/mol. The molecule has 1 aliphatic rings. The molecule has 94 valence electrons. The van der Waals surface area contributed by atoms with Crippen LogP contribution < -0.4 is 10.5 Å². The first-order valence-electron chi connectivity index (χ1n) is 5.83. The second-order valence-corrected chi connectivity index (χ2v) is 5.09. The third-order valence-electron chi connectivity index (χ3n) is 3.15. The fourth-order valence-corrected chi connectivity index (χ4v) is 2.54. The lowest BCUT2D eigenvalue weighted by Gasteiger charge is -2.08. The Labute approximate surface area is 110 Å². The van der Waals surface area contributed by atoms with Crippen LogP contribution in [0.25, 0.3) is 11.3 Å². The van der Waals surface area contributed by atoms with Gasteiger partial charge in [-0.3, -0.25) is 4.68 Å². The molecule has 1 aromatic carbocycles. The molecule has 1 atom stereocenters. The summed E-state index contributed by atoms with van der Waals surface area (Å²) in [6.07, 6.45) is 1.06. The Morgan fingerprint density at radius 3 is 2.89 bits per heavy atom. The zero-order valence-electron chi connectivity index (χ0n) is 10.3. The summed E-state index contributed by atoms with van der Waals surface area (Å²) < 4.78 is 7.49. The lowest BCUT2D eigenvalue weighted by molar-refractivity contribution is 0.255. The molecule has 4 nitrogen and oxygen atoms in total. The fourth-order valence-electron chi connectivity index (χ4n) is 2.30. The van der Waals surface area contributed by atoms with Crippen LogP contribution in [0.3, 0.4) is 0 Å². The third kappa shape index (κ3) is 1.73. The van der Waals surface area contributed by atoms with Gasteiger partial charge in [0.25, 0.3) is 0 Å². The van der Waals surface area contributed by atoms with E-state index in [1.807, 2.05) is 32.2 Å². The summed E-state index contributed by atoms with van der Waals surface area (Å²) in [5.74, 6) is 1.50. The van der Waals surface area contributed by atoms with E-state index >= 15 is 0 Å². The fraction of sp³-hybridized carbons (Fsp3) is 0.308. The van der Waals surface area contributed by atoms with E-state index in [1.165, 1.54) is 0 Å². The molecule has 3 rings (SSSR count). The number of aromatic nitrogens is 2. The van der Waals surface area contributed by atoms with Gasteiger partial charge in [-0.2, -0.15) is 5.10 Å². The van der Waals surface area contributed by atoms with Crippen molar-refractivity contribution in [3.8, 4) is 17.0 Å². The highest BCUT2D eigenvalue weighted by molar-refractivity contribution is 6.31. The lowest BCUT2D eigenvalue weighted by Crippen LogP contribution is -2.05. The molecular formula is C13H14ClN3O. The Morgan fingerprint density at radius 1 is 1.44 bits per heavy atom. The minimum atomic E-state index is 0.179. The monoisotopic (exact) mass is 263 g/mol. The van der Waals surface area contributed by atoms with Crippen LogP contribution in [0.15, 0.2) is 18.2 Å². The average Bonchev–Trinajstić information content (AvgIpc) is 2.81. The number of anilines is 1. The van der Waals surface area contributed by atoms with Gasteiger partial charge in [-0.05, 0) is 24.6 Å². The van der Waals surface area contributed by atoms with Gasteiger partial charge in [0.05, 0.1) is 5.69 Å². The molecular weight excluding hydrogens is 250 g/mol. The quantitative estimate of drug-likeness (QED) is 0.861. The summed E-state index contributed by atoms with van der Waals surface area (Å²) in [6, 6.07) is 5.66. The largest absolute Gasteiger partial charge is 0.489 e. The van der Waals surface area contributed by atoms with Crippen LogP contribution in [0.1, 0.15) is 12.5 Å². The van der Waals surface area contributed by atoms with Crippen LogP contribution >= 0.6 is 11.6 Å². The van der Waals surface area contributed by atoms with Gasteiger partial charge in [0.2, 0.25) is 0 Å². The van der Waals surface area contributed by atoms with E-state index in [1.54, 1.807) is 4.68 Å². The number of fused-ring (bicyclic) bond motifs is 1. The number of nitrogens with zero attached hydrogens (tertiary/aromatic N) is 2. The van der Waals surface area contributed by atoms with Crippen LogP contribution in [0.4, 0.5) is 5.82 Å². The number of rotatable bonds is 1. The van der Waals surface area contributed by atoms with Gasteiger partial charge in [-0.25, -0.2) is 0 Å². The molecule has 0 fully saturated rings. The number of aryl methyl sites for hydroxylation is 1. The van der Waals surface area contributed by atoms with Crippen LogP contribution in [0.2, 0.25) is 5.02 Å². The van der Waals surface area contributed by atoms with E-state index in [9.17, 15) is 0 Å². The molecule has 18 heavy (non-hydrogen) atoms. The van der Waals surface area contributed by atoms with Crippen molar-refractivity contribution >= 4 is 17.4 Å². The summed E-state index contributed by atoms with van der Waals surface area (Å²) in [5.41, 5.74) is 8.65. The molecule has 0 bridgehead atoms. The Hall–Kier alpha value is -1.68. The molecule has 0 aliphatic carbocycles. The van der Waals surface area contributed by atoms with Gasteiger partial charge in [-0.15, -0.1) is 0 Å². The third-order valence-corrected chi connectivity index (χ3v) is 3.37. The summed E-state index contributed by atoms with van der Waals surface area (Å²) in [4.78, 5) is 0. The van der Waals surface area contributed by atoms with E-state index in [2.05, 4.69) is 5.10 Å². The first kappa shape index (κ1) is 11.4. The molecule has 0 spiro atoms. The lowest BCUT2D eigenvalue weighted by atomic mass is 10.0. The van der Waals surface area contributed by atoms with Crippen LogP contribution in [-0.4, -0.2) is 15.9 Å². The Balaban J connectivity index is 2.18. The standard InChI is InChI=1S/C13H14ClN3O/c1-7-3-8-4-9(14)5-10(13(8)18-7)11-6-12(15)17(2)16-11/h4-7H,3,15H2,1-2H3. The molecule has 2 heterocycles. The van der Waals surface area contributed by atoms with Crippen LogP contribution in [0.5, 0.6) is 5.75 Å². The van der Waals surface area contributed by atoms with Gasteiger partial charge >= 0.3 is 0 Å². The topological polar surface area (TPSA) is 53.1 Å². The number of ether oxygens (including phenoxy) is 1. The van der Waals surface area contributed by atoms with Gasteiger partial charge in [0.1, 0.15) is 17.7 Å². The van der Waals surface area contributed by atoms with E-state index < -0.39 is 0 Å². The number of hydrogen-bond acceptors (Lipinski definition) is 3. The number of benzene rings is 1. The van der Waals surface area contributed by atoms with E-state index in [0.29, 0.717) is 10.8 Å². The van der Waals surface area contributed by atoms with Crippen molar-refractivity contribution in [2.24, 2.45) is 7.05 Å². The Morgan fingerprint density at radius 2 is 2.22 bits per heavy atom. The zero-order valence-corrected chi connectivity index (χ0v) is 11.0. The van der Waals surface area contributed by atoms with E-state index in [4.69, 9.17) is 22.1 Å². The number of nitrogens with two attached hydrogens (primary N) is 1. The summed E-state index contributed by atoms with van der Waals surface area (Å²) in [5, 5.41) is 5.08. The molecule has 1 aliphatic heterocycles. The molecule has 5 heteroatoms. The predicted octanol–water partition coefficient (Wildman–Crippen LogP) is 2.65.